The lowest BCUT2D eigenvalue weighted by Crippen LogP contribution is -2.27. The van der Waals surface area contributed by atoms with Crippen molar-refractivity contribution in [3.8, 4) is 11.5 Å². The normalized spacial score (nSPS) is 11.7. The summed E-state index contributed by atoms with van der Waals surface area (Å²) in [5.74, 6) is 1.12. The quantitative estimate of drug-likeness (QED) is 0.860. The van der Waals surface area contributed by atoms with Crippen molar-refractivity contribution in [1.82, 2.24) is 5.32 Å². The summed E-state index contributed by atoms with van der Waals surface area (Å²) in [6, 6.07) is 9.91. The highest BCUT2D eigenvalue weighted by atomic mass is 35.5. The van der Waals surface area contributed by atoms with Crippen LogP contribution >= 0.6 is 23.2 Å². The second-order valence-corrected chi connectivity index (χ2v) is 5.75. The molecule has 0 unspecified atom stereocenters. The van der Waals surface area contributed by atoms with Gasteiger partial charge in [0, 0.05) is 11.1 Å². The van der Waals surface area contributed by atoms with Crippen LogP contribution < -0.4 is 14.8 Å². The average molecular weight is 354 g/mol. The number of hydrogen-bond donors (Lipinski definition) is 1. The van der Waals surface area contributed by atoms with Crippen LogP contribution in [0, 0.1) is 0 Å². The van der Waals surface area contributed by atoms with Gasteiger partial charge in [-0.15, -0.1) is 0 Å². The number of hydrogen-bond acceptors (Lipinski definition) is 3. The molecule has 1 N–H and O–H groups in total. The van der Waals surface area contributed by atoms with E-state index >= 15 is 0 Å². The molecule has 1 atom stereocenters. The van der Waals surface area contributed by atoms with E-state index in [2.05, 4.69) is 5.32 Å². The minimum absolute atomic E-state index is 0.249. The van der Waals surface area contributed by atoms with E-state index in [4.69, 9.17) is 32.7 Å². The largest absolute Gasteiger partial charge is 0.497 e. The Labute approximate surface area is 145 Å². The number of ether oxygens (including phenoxy) is 2. The second kappa shape index (κ2) is 7.57. The Morgan fingerprint density at radius 1 is 1.04 bits per heavy atom. The summed E-state index contributed by atoms with van der Waals surface area (Å²) in [6.07, 6.45) is 0. The summed E-state index contributed by atoms with van der Waals surface area (Å²) >= 11 is 11.8. The van der Waals surface area contributed by atoms with E-state index in [0.29, 0.717) is 27.1 Å². The maximum atomic E-state index is 12.4. The SMILES string of the molecule is COc1ccc(OC)c([C@H](C)NC(=O)c2ccc(Cl)c(Cl)c2)c1. The standard InChI is InChI=1S/C17H17Cl2NO3/c1-10(13-9-12(22-2)5-7-16(13)23-3)20-17(21)11-4-6-14(18)15(19)8-11/h4-10H,1-3H3,(H,20,21)/t10-/m0/s1. The second-order valence-electron chi connectivity index (χ2n) is 4.93. The van der Waals surface area contributed by atoms with Crippen molar-refractivity contribution in [3.63, 3.8) is 0 Å². The van der Waals surface area contributed by atoms with Crippen molar-refractivity contribution in [2.24, 2.45) is 0 Å². The molecular weight excluding hydrogens is 337 g/mol. The van der Waals surface area contributed by atoms with Gasteiger partial charge in [0.15, 0.2) is 0 Å². The summed E-state index contributed by atoms with van der Waals surface area (Å²) in [7, 11) is 3.17. The highest BCUT2D eigenvalue weighted by Crippen LogP contribution is 2.29. The van der Waals surface area contributed by atoms with E-state index in [1.54, 1.807) is 38.5 Å². The van der Waals surface area contributed by atoms with Gasteiger partial charge >= 0.3 is 0 Å². The molecule has 122 valence electrons. The zero-order chi connectivity index (χ0) is 17.0. The van der Waals surface area contributed by atoms with Crippen LogP contribution in [0.25, 0.3) is 0 Å². The van der Waals surface area contributed by atoms with Gasteiger partial charge in [-0.05, 0) is 43.3 Å². The Morgan fingerprint density at radius 2 is 1.78 bits per heavy atom. The number of carbonyl (C=O) groups is 1. The number of nitrogens with one attached hydrogen (secondary N) is 1. The molecular formula is C17H17Cl2NO3. The number of rotatable bonds is 5. The fourth-order valence-corrected chi connectivity index (χ4v) is 2.47. The molecule has 6 heteroatoms. The Balaban J connectivity index is 2.22. The molecule has 23 heavy (non-hydrogen) atoms. The maximum Gasteiger partial charge on any atom is 0.251 e. The fraction of sp³-hybridized carbons (Fsp3) is 0.235. The average Bonchev–Trinajstić information content (AvgIpc) is 2.56. The van der Waals surface area contributed by atoms with Gasteiger partial charge in [-0.3, -0.25) is 4.79 Å². The van der Waals surface area contributed by atoms with E-state index < -0.39 is 0 Å². The van der Waals surface area contributed by atoms with Crippen LogP contribution in [0.2, 0.25) is 10.0 Å². The molecule has 0 saturated heterocycles. The number of halogens is 2. The minimum Gasteiger partial charge on any atom is -0.497 e. The number of benzene rings is 2. The molecule has 0 aliphatic carbocycles. The molecule has 0 aromatic heterocycles. The topological polar surface area (TPSA) is 47.6 Å². The summed E-state index contributed by atoms with van der Waals surface area (Å²) < 4.78 is 10.6. The Hall–Kier alpha value is -1.91. The third-order valence-corrected chi connectivity index (χ3v) is 4.17. The lowest BCUT2D eigenvalue weighted by molar-refractivity contribution is 0.0939. The Kier molecular flexibility index (Phi) is 5.74. The highest BCUT2D eigenvalue weighted by molar-refractivity contribution is 6.42. The molecule has 2 aromatic carbocycles. The van der Waals surface area contributed by atoms with Gasteiger partial charge in [0.1, 0.15) is 11.5 Å². The molecule has 0 bridgehead atoms. The van der Waals surface area contributed by atoms with Gasteiger partial charge in [-0.1, -0.05) is 23.2 Å². The molecule has 0 saturated carbocycles. The lowest BCUT2D eigenvalue weighted by atomic mass is 10.1. The molecule has 0 aliphatic heterocycles. The van der Waals surface area contributed by atoms with Gasteiger partial charge in [0.25, 0.3) is 5.91 Å². The van der Waals surface area contributed by atoms with Gasteiger partial charge in [0.05, 0.1) is 30.3 Å². The van der Waals surface area contributed by atoms with Crippen LogP contribution in [0.3, 0.4) is 0 Å². The van der Waals surface area contributed by atoms with E-state index in [0.717, 1.165) is 5.56 Å². The van der Waals surface area contributed by atoms with Gasteiger partial charge in [0.2, 0.25) is 0 Å². The zero-order valence-corrected chi connectivity index (χ0v) is 14.5. The van der Waals surface area contributed by atoms with Crippen molar-refractivity contribution < 1.29 is 14.3 Å². The van der Waals surface area contributed by atoms with E-state index in [1.807, 2.05) is 13.0 Å². The first-order valence-corrected chi connectivity index (χ1v) is 7.69. The number of carbonyl (C=O) groups excluding carboxylic acids is 1. The summed E-state index contributed by atoms with van der Waals surface area (Å²) in [4.78, 5) is 12.4. The Bertz CT molecular complexity index is 719. The minimum atomic E-state index is -0.276. The predicted molar refractivity (Wildman–Crippen MR) is 91.9 cm³/mol. The van der Waals surface area contributed by atoms with Gasteiger partial charge < -0.3 is 14.8 Å². The van der Waals surface area contributed by atoms with Crippen molar-refractivity contribution in [1.29, 1.82) is 0 Å². The monoisotopic (exact) mass is 353 g/mol. The summed E-state index contributed by atoms with van der Waals surface area (Å²) in [5, 5.41) is 3.66. The molecule has 2 aromatic rings. The molecule has 0 heterocycles. The highest BCUT2D eigenvalue weighted by Gasteiger charge is 2.16. The van der Waals surface area contributed by atoms with Crippen molar-refractivity contribution in [2.45, 2.75) is 13.0 Å². The predicted octanol–water partition coefficient (Wildman–Crippen LogP) is 4.50. The smallest absolute Gasteiger partial charge is 0.251 e. The van der Waals surface area contributed by atoms with Crippen LogP contribution in [0.4, 0.5) is 0 Å². The van der Waals surface area contributed by atoms with Crippen molar-refractivity contribution in [3.05, 3.63) is 57.6 Å². The first-order valence-electron chi connectivity index (χ1n) is 6.94. The van der Waals surface area contributed by atoms with E-state index in [-0.39, 0.29) is 11.9 Å². The molecule has 0 spiro atoms. The first-order chi connectivity index (χ1) is 11.0. The van der Waals surface area contributed by atoms with Crippen LogP contribution in [-0.4, -0.2) is 20.1 Å². The number of amides is 1. The fourth-order valence-electron chi connectivity index (χ4n) is 2.17. The molecule has 0 fully saturated rings. The summed E-state index contributed by atoms with van der Waals surface area (Å²) in [5.41, 5.74) is 1.26. The summed E-state index contributed by atoms with van der Waals surface area (Å²) in [6.45, 7) is 1.87. The maximum absolute atomic E-state index is 12.4. The first kappa shape index (κ1) is 17.4. The van der Waals surface area contributed by atoms with Crippen molar-refractivity contribution in [2.75, 3.05) is 14.2 Å². The van der Waals surface area contributed by atoms with Crippen LogP contribution in [-0.2, 0) is 0 Å². The van der Waals surface area contributed by atoms with Gasteiger partial charge in [-0.25, -0.2) is 0 Å². The molecule has 0 radical (unpaired) electrons. The van der Waals surface area contributed by atoms with Crippen LogP contribution in [0.1, 0.15) is 28.9 Å². The van der Waals surface area contributed by atoms with Crippen LogP contribution in [0.5, 0.6) is 11.5 Å². The van der Waals surface area contributed by atoms with E-state index in [1.165, 1.54) is 6.07 Å². The number of methoxy groups -OCH3 is 2. The van der Waals surface area contributed by atoms with Crippen molar-refractivity contribution >= 4 is 29.1 Å². The zero-order valence-electron chi connectivity index (χ0n) is 13.0. The Morgan fingerprint density at radius 3 is 2.39 bits per heavy atom. The molecule has 1 amide bonds. The van der Waals surface area contributed by atoms with Gasteiger partial charge in [-0.2, -0.15) is 0 Å². The molecule has 2 rings (SSSR count). The third kappa shape index (κ3) is 4.09. The lowest BCUT2D eigenvalue weighted by Gasteiger charge is -2.18. The molecule has 0 aliphatic rings. The molecule has 4 nitrogen and oxygen atoms in total. The van der Waals surface area contributed by atoms with Crippen LogP contribution in [0.15, 0.2) is 36.4 Å². The third-order valence-electron chi connectivity index (χ3n) is 3.43. The van der Waals surface area contributed by atoms with E-state index in [9.17, 15) is 4.79 Å².